The molecule has 0 unspecified atom stereocenters. The van der Waals surface area contributed by atoms with Crippen LogP contribution in [0.25, 0.3) is 21.4 Å². The van der Waals surface area contributed by atoms with Crippen molar-refractivity contribution in [2.45, 2.75) is 64.9 Å². The molecule has 0 saturated carbocycles. The molecule has 0 amide bonds. The molecular weight excluding hydrogens is 500 g/mol. The molecule has 0 aliphatic carbocycles. The second kappa shape index (κ2) is 10.8. The number of methoxy groups -OCH3 is 1. The lowest BCUT2D eigenvalue weighted by Crippen LogP contribution is -2.58. The van der Waals surface area contributed by atoms with Crippen LogP contribution in [0.1, 0.15) is 50.4 Å². The number of hydrogen-bond acceptors (Lipinski definition) is 9. The molecule has 0 bridgehead atoms. The van der Waals surface area contributed by atoms with Crippen LogP contribution in [-0.4, -0.2) is 61.5 Å². The van der Waals surface area contributed by atoms with Gasteiger partial charge in [-0.2, -0.15) is 10.4 Å². The minimum atomic E-state index is -0.0717. The van der Waals surface area contributed by atoms with E-state index in [4.69, 9.17) is 14.8 Å². The van der Waals surface area contributed by atoms with E-state index in [1.807, 2.05) is 0 Å². The Hall–Kier alpha value is -3.33. The van der Waals surface area contributed by atoms with Crippen molar-refractivity contribution in [2.75, 3.05) is 25.1 Å². The standard InChI is InChI=1S/C27H34N8O2S/c1-6-18-14-35(22-12-25(36)32(4)23-15-33(11-10-28)31-26(22)23)19(7-2)13-34(18)17(3)20-8-9-21-27(30-20)38-24(29-21)16-37-5/h8-9,12,15,17-19H,6-7,11,13-14,16H2,1-5H3/t17-,18-,19+/m1/s1. The van der Waals surface area contributed by atoms with Gasteiger partial charge in [0.05, 0.1) is 35.8 Å². The second-order valence-corrected chi connectivity index (χ2v) is 11.0. The first-order valence-electron chi connectivity index (χ1n) is 13.1. The zero-order valence-corrected chi connectivity index (χ0v) is 23.4. The Morgan fingerprint density at radius 1 is 1.21 bits per heavy atom. The SMILES string of the molecule is CC[C@H]1CN([C@H](C)c2ccc3nc(COC)sc3n2)[C@H](CC)CN1c1cc(=O)n(C)c2cn(CC#N)nc12. The molecule has 38 heavy (non-hydrogen) atoms. The minimum Gasteiger partial charge on any atom is -0.378 e. The molecule has 1 aliphatic rings. The Labute approximate surface area is 226 Å². The zero-order chi connectivity index (χ0) is 27.0. The molecule has 0 radical (unpaired) electrons. The van der Waals surface area contributed by atoms with Crippen LogP contribution >= 0.6 is 11.3 Å². The topological polar surface area (TPSA) is 105 Å². The van der Waals surface area contributed by atoms with E-state index >= 15 is 0 Å². The zero-order valence-electron chi connectivity index (χ0n) is 22.6. The second-order valence-electron chi connectivity index (χ2n) is 9.90. The maximum Gasteiger partial charge on any atom is 0.252 e. The van der Waals surface area contributed by atoms with Crippen molar-refractivity contribution in [3.63, 3.8) is 0 Å². The number of piperazine rings is 1. The average Bonchev–Trinajstić information content (AvgIpc) is 3.53. The number of ether oxygens (including phenoxy) is 1. The van der Waals surface area contributed by atoms with Gasteiger partial charge in [-0.1, -0.05) is 25.2 Å². The van der Waals surface area contributed by atoms with E-state index in [0.717, 1.165) is 63.7 Å². The molecular formula is C27H34N8O2S. The van der Waals surface area contributed by atoms with Gasteiger partial charge >= 0.3 is 0 Å². The highest BCUT2D eigenvalue weighted by atomic mass is 32.1. The van der Waals surface area contributed by atoms with Crippen molar-refractivity contribution in [3.05, 3.63) is 45.5 Å². The van der Waals surface area contributed by atoms with Crippen molar-refractivity contribution >= 4 is 38.4 Å². The summed E-state index contributed by atoms with van der Waals surface area (Å²) >= 11 is 1.58. The Bertz CT molecular complexity index is 1550. The summed E-state index contributed by atoms with van der Waals surface area (Å²) in [6.45, 7) is 8.92. The van der Waals surface area contributed by atoms with Crippen molar-refractivity contribution in [1.29, 1.82) is 5.26 Å². The Kier molecular flexibility index (Phi) is 7.47. The molecule has 5 rings (SSSR count). The molecule has 11 heteroatoms. The van der Waals surface area contributed by atoms with Gasteiger partial charge in [-0.15, -0.1) is 0 Å². The van der Waals surface area contributed by atoms with Crippen LogP contribution in [0.2, 0.25) is 0 Å². The van der Waals surface area contributed by atoms with Crippen molar-refractivity contribution in [1.82, 2.24) is 29.2 Å². The summed E-state index contributed by atoms with van der Waals surface area (Å²) < 4.78 is 8.47. The van der Waals surface area contributed by atoms with Gasteiger partial charge in [-0.3, -0.25) is 14.4 Å². The molecule has 0 N–H and O–H groups in total. The van der Waals surface area contributed by atoms with E-state index in [9.17, 15) is 10.1 Å². The van der Waals surface area contributed by atoms with E-state index in [1.54, 1.807) is 47.0 Å². The van der Waals surface area contributed by atoms with Crippen LogP contribution in [0.15, 0.2) is 29.2 Å². The van der Waals surface area contributed by atoms with Crippen molar-refractivity contribution in [3.8, 4) is 6.07 Å². The fourth-order valence-electron chi connectivity index (χ4n) is 5.53. The summed E-state index contributed by atoms with van der Waals surface area (Å²) in [7, 11) is 3.43. The van der Waals surface area contributed by atoms with Gasteiger partial charge in [0.1, 0.15) is 27.4 Å². The van der Waals surface area contributed by atoms with E-state index in [0.29, 0.717) is 6.61 Å². The number of thiazole rings is 1. The van der Waals surface area contributed by atoms with Crippen molar-refractivity contribution in [2.24, 2.45) is 7.05 Å². The summed E-state index contributed by atoms with van der Waals surface area (Å²) in [4.78, 5) is 28.4. The fraction of sp³-hybridized carbons (Fsp3) is 0.519. The van der Waals surface area contributed by atoms with Gasteiger partial charge in [0.25, 0.3) is 5.56 Å². The van der Waals surface area contributed by atoms with Gasteiger partial charge in [0.15, 0.2) is 0 Å². The first-order valence-corrected chi connectivity index (χ1v) is 13.9. The number of aryl methyl sites for hydroxylation is 1. The molecule has 4 aromatic rings. The highest BCUT2D eigenvalue weighted by Crippen LogP contribution is 2.34. The maximum absolute atomic E-state index is 12.9. The quantitative estimate of drug-likeness (QED) is 0.336. The Morgan fingerprint density at radius 3 is 2.71 bits per heavy atom. The lowest BCUT2D eigenvalue weighted by atomic mass is 9.98. The van der Waals surface area contributed by atoms with Crippen LogP contribution < -0.4 is 10.5 Å². The van der Waals surface area contributed by atoms with Crippen molar-refractivity contribution < 1.29 is 4.74 Å². The number of anilines is 1. The molecule has 4 aromatic heterocycles. The summed E-state index contributed by atoms with van der Waals surface area (Å²) in [5.41, 5.74) is 4.24. The van der Waals surface area contributed by atoms with E-state index in [1.165, 1.54) is 0 Å². The molecule has 1 aliphatic heterocycles. The van der Waals surface area contributed by atoms with E-state index in [-0.39, 0.29) is 30.2 Å². The maximum atomic E-state index is 12.9. The summed E-state index contributed by atoms with van der Waals surface area (Å²) in [6, 6.07) is 8.62. The number of nitriles is 1. The van der Waals surface area contributed by atoms with Gasteiger partial charge < -0.3 is 14.2 Å². The third kappa shape index (κ3) is 4.68. The molecule has 5 heterocycles. The normalized spacial score (nSPS) is 19.3. The van der Waals surface area contributed by atoms with Crippen LogP contribution in [0.4, 0.5) is 5.69 Å². The Balaban J connectivity index is 1.48. The minimum absolute atomic E-state index is 0.0717. The number of nitrogens with zero attached hydrogens (tertiary/aromatic N) is 8. The molecule has 3 atom stereocenters. The van der Waals surface area contributed by atoms with Gasteiger partial charge in [-0.05, 0) is 31.9 Å². The van der Waals surface area contributed by atoms with Gasteiger partial charge in [0, 0.05) is 51.4 Å². The predicted octanol–water partition coefficient (Wildman–Crippen LogP) is 3.85. The number of hydrogen-bond donors (Lipinski definition) is 0. The number of fused-ring (bicyclic) bond motifs is 2. The van der Waals surface area contributed by atoms with Crippen LogP contribution in [0.5, 0.6) is 0 Å². The lowest BCUT2D eigenvalue weighted by molar-refractivity contribution is 0.0993. The largest absolute Gasteiger partial charge is 0.378 e. The van der Waals surface area contributed by atoms with Crippen LogP contribution in [-0.2, 0) is 24.9 Å². The number of pyridine rings is 2. The van der Waals surface area contributed by atoms with E-state index < -0.39 is 0 Å². The first kappa shape index (κ1) is 26.3. The smallest absolute Gasteiger partial charge is 0.252 e. The highest BCUT2D eigenvalue weighted by Gasteiger charge is 2.36. The molecule has 0 spiro atoms. The summed E-state index contributed by atoms with van der Waals surface area (Å²) in [5.74, 6) is 0. The van der Waals surface area contributed by atoms with Crippen LogP contribution in [0, 0.1) is 11.3 Å². The Morgan fingerprint density at radius 2 is 2.00 bits per heavy atom. The average molecular weight is 535 g/mol. The fourth-order valence-corrected chi connectivity index (χ4v) is 6.44. The number of aromatic nitrogens is 5. The monoisotopic (exact) mass is 534 g/mol. The first-order chi connectivity index (χ1) is 18.4. The van der Waals surface area contributed by atoms with Gasteiger partial charge in [0.2, 0.25) is 0 Å². The lowest BCUT2D eigenvalue weighted by Gasteiger charge is -2.49. The highest BCUT2D eigenvalue weighted by molar-refractivity contribution is 7.18. The molecule has 0 aromatic carbocycles. The predicted molar refractivity (Wildman–Crippen MR) is 149 cm³/mol. The summed E-state index contributed by atoms with van der Waals surface area (Å²) in [6.07, 6.45) is 3.69. The number of rotatable bonds is 8. The molecule has 1 fully saturated rings. The van der Waals surface area contributed by atoms with E-state index in [2.05, 4.69) is 53.8 Å². The third-order valence-electron chi connectivity index (χ3n) is 7.68. The summed E-state index contributed by atoms with van der Waals surface area (Å²) in [5, 5.41) is 14.8. The van der Waals surface area contributed by atoms with Gasteiger partial charge in [-0.25, -0.2) is 9.97 Å². The van der Waals surface area contributed by atoms with Crippen LogP contribution in [0.3, 0.4) is 0 Å². The third-order valence-corrected chi connectivity index (χ3v) is 8.61. The molecule has 1 saturated heterocycles. The molecule has 10 nitrogen and oxygen atoms in total. The molecule has 200 valence electrons.